The van der Waals surface area contributed by atoms with E-state index in [9.17, 15) is 5.11 Å². The molecule has 2 aromatic rings. The predicted molar refractivity (Wildman–Crippen MR) is 124 cm³/mol. The Kier molecular flexibility index (Phi) is 10.7. The van der Waals surface area contributed by atoms with E-state index in [4.69, 9.17) is 0 Å². The van der Waals surface area contributed by atoms with Crippen molar-refractivity contribution in [2.45, 2.75) is 92.2 Å². The van der Waals surface area contributed by atoms with Crippen LogP contribution in [-0.4, -0.2) is 10.5 Å². The molecule has 2 unspecified atom stereocenters. The Labute approximate surface area is 183 Å². The van der Waals surface area contributed by atoms with Gasteiger partial charge in [0.25, 0.3) is 5.82 Å². The lowest BCUT2D eigenvalue weighted by atomic mass is 9.99. The lowest BCUT2D eigenvalue weighted by molar-refractivity contribution is -0.706. The molecule has 0 radical (unpaired) electrons. The van der Waals surface area contributed by atoms with Crippen molar-refractivity contribution in [3.8, 4) is 0 Å². The maximum absolute atomic E-state index is 13.3. The van der Waals surface area contributed by atoms with Crippen LogP contribution in [0.15, 0.2) is 47.7 Å². The van der Waals surface area contributed by atoms with E-state index in [1.807, 2.05) is 30.3 Å². The molecule has 0 saturated heterocycles. The summed E-state index contributed by atoms with van der Waals surface area (Å²) >= 11 is 0. The molecule has 1 aromatic heterocycles. The van der Waals surface area contributed by atoms with E-state index in [0.717, 1.165) is 37.4 Å². The zero-order valence-corrected chi connectivity index (χ0v) is 19.5. The van der Waals surface area contributed by atoms with Crippen LogP contribution in [0.4, 0.5) is 5.69 Å². The molecule has 2 atom stereocenters. The van der Waals surface area contributed by atoms with Crippen LogP contribution in [-0.2, 0) is 13.1 Å². The zero-order valence-electron chi connectivity index (χ0n) is 19.5. The zero-order chi connectivity index (χ0) is 21.8. The third kappa shape index (κ3) is 7.30. The maximum atomic E-state index is 13.3. The van der Waals surface area contributed by atoms with E-state index in [2.05, 4.69) is 54.2 Å². The molecule has 1 heterocycles. The van der Waals surface area contributed by atoms with E-state index in [-0.39, 0.29) is 5.90 Å². The van der Waals surface area contributed by atoms with Gasteiger partial charge >= 0.3 is 0 Å². The number of para-hydroxylation sites is 1. The Morgan fingerprint density at radius 2 is 1.60 bits per heavy atom. The number of nitrogens with zero attached hydrogens (tertiary/aromatic N) is 3. The Balaban J connectivity index is 2.34. The van der Waals surface area contributed by atoms with Crippen LogP contribution < -0.4 is 9.67 Å². The first-order valence-electron chi connectivity index (χ1n) is 12.0. The third-order valence-electron chi connectivity index (χ3n) is 6.15. The van der Waals surface area contributed by atoms with Crippen LogP contribution in [0.25, 0.3) is 0 Å². The highest BCUT2D eigenvalue weighted by Crippen LogP contribution is 2.18. The number of aliphatic imine (C=N–C) groups is 1. The largest absolute Gasteiger partial charge is 0.853 e. The van der Waals surface area contributed by atoms with Crippen molar-refractivity contribution in [2.24, 2.45) is 16.8 Å². The molecule has 0 spiro atoms. The molecule has 0 amide bonds. The van der Waals surface area contributed by atoms with Crippen LogP contribution in [0, 0.1) is 11.8 Å². The molecule has 0 fully saturated rings. The van der Waals surface area contributed by atoms with Gasteiger partial charge in [0.1, 0.15) is 12.4 Å². The highest BCUT2D eigenvalue weighted by Gasteiger charge is 2.22. The van der Waals surface area contributed by atoms with Crippen molar-refractivity contribution in [1.82, 2.24) is 4.57 Å². The van der Waals surface area contributed by atoms with Crippen LogP contribution in [0.1, 0.15) is 84.9 Å². The van der Waals surface area contributed by atoms with Gasteiger partial charge in [-0.2, -0.15) is 0 Å². The third-order valence-corrected chi connectivity index (χ3v) is 6.15. The average molecular weight is 412 g/mol. The topological polar surface area (TPSA) is 44.2 Å². The summed E-state index contributed by atoms with van der Waals surface area (Å²) < 4.78 is 4.32. The molecular formula is C26H41N3O. The van der Waals surface area contributed by atoms with E-state index >= 15 is 0 Å². The monoisotopic (exact) mass is 411 g/mol. The molecule has 0 aliphatic rings. The second-order valence-corrected chi connectivity index (χ2v) is 8.51. The van der Waals surface area contributed by atoms with Gasteiger partial charge < -0.3 is 5.11 Å². The van der Waals surface area contributed by atoms with Gasteiger partial charge in [0.2, 0.25) is 0 Å². The standard InChI is InChI=1S/C26H41N3O/c1-5-9-14-22(7-3)20-28-18-19-29(21-23(8-4)15-10-6-2)26(28)25(30)27-24-16-12-11-13-17-24/h11-13,16-19,22-23H,5-10,14-15,20-21H2,1-4H3. The number of hydrogen-bond donors (Lipinski definition) is 0. The molecule has 0 aliphatic carbocycles. The van der Waals surface area contributed by atoms with Crippen molar-refractivity contribution < 1.29 is 9.67 Å². The van der Waals surface area contributed by atoms with E-state index < -0.39 is 0 Å². The van der Waals surface area contributed by atoms with Crippen LogP contribution in [0.3, 0.4) is 0 Å². The minimum atomic E-state index is -0.137. The lowest BCUT2D eigenvalue weighted by Crippen LogP contribution is -2.45. The average Bonchev–Trinajstić information content (AvgIpc) is 3.16. The van der Waals surface area contributed by atoms with Crippen LogP contribution in [0.5, 0.6) is 0 Å². The molecule has 166 valence electrons. The summed E-state index contributed by atoms with van der Waals surface area (Å²) in [6.07, 6.45) is 13.8. The summed E-state index contributed by atoms with van der Waals surface area (Å²) in [6.45, 7) is 10.8. The normalized spacial score (nSPS) is 14.1. The molecule has 2 rings (SSSR count). The van der Waals surface area contributed by atoms with E-state index in [1.165, 1.54) is 38.5 Å². The number of rotatable bonds is 14. The molecule has 4 nitrogen and oxygen atoms in total. The Morgan fingerprint density at radius 1 is 0.967 bits per heavy atom. The number of hydrogen-bond acceptors (Lipinski definition) is 2. The van der Waals surface area contributed by atoms with Crippen LogP contribution in [0.2, 0.25) is 0 Å². The number of aromatic nitrogens is 2. The van der Waals surface area contributed by atoms with Gasteiger partial charge in [0.05, 0.1) is 24.7 Å². The summed E-state index contributed by atoms with van der Waals surface area (Å²) in [5.41, 5.74) is 0.720. The smallest absolute Gasteiger partial charge is 0.292 e. The molecule has 0 saturated carbocycles. The summed E-state index contributed by atoms with van der Waals surface area (Å²) in [5.74, 6) is 1.78. The first-order valence-corrected chi connectivity index (χ1v) is 12.0. The van der Waals surface area contributed by atoms with E-state index in [1.54, 1.807) is 0 Å². The quantitative estimate of drug-likeness (QED) is 0.225. The fourth-order valence-corrected chi connectivity index (χ4v) is 4.07. The van der Waals surface area contributed by atoms with Gasteiger partial charge in [-0.3, -0.25) is 4.99 Å². The first-order chi connectivity index (χ1) is 14.6. The minimum absolute atomic E-state index is 0.137. The minimum Gasteiger partial charge on any atom is -0.853 e. The SMILES string of the molecule is CCCCC(CC)Cn1cc[n+](CC(CC)CCCC)c1C([O-])=Nc1ccccc1. The maximum Gasteiger partial charge on any atom is 0.292 e. The van der Waals surface area contributed by atoms with Gasteiger partial charge in [-0.25, -0.2) is 9.13 Å². The number of imidazole rings is 1. The Bertz CT molecular complexity index is 715. The van der Waals surface area contributed by atoms with Gasteiger partial charge in [-0.15, -0.1) is 0 Å². The van der Waals surface area contributed by atoms with Gasteiger partial charge in [-0.05, 0) is 49.7 Å². The fraction of sp³-hybridized carbons (Fsp3) is 0.615. The van der Waals surface area contributed by atoms with Gasteiger partial charge in [-0.1, -0.05) is 71.6 Å². The van der Waals surface area contributed by atoms with Gasteiger partial charge in [0.15, 0.2) is 0 Å². The fourth-order valence-electron chi connectivity index (χ4n) is 4.07. The first kappa shape index (κ1) is 24.2. The lowest BCUT2D eigenvalue weighted by Gasteiger charge is -2.17. The molecule has 30 heavy (non-hydrogen) atoms. The molecule has 0 N–H and O–H groups in total. The summed E-state index contributed by atoms with van der Waals surface area (Å²) in [4.78, 5) is 4.43. The Hall–Kier alpha value is -2.10. The molecule has 1 aromatic carbocycles. The summed E-state index contributed by atoms with van der Waals surface area (Å²) in [6, 6.07) is 9.58. The van der Waals surface area contributed by atoms with Crippen molar-refractivity contribution in [3.63, 3.8) is 0 Å². The second kappa shape index (κ2) is 13.3. The van der Waals surface area contributed by atoms with Crippen molar-refractivity contribution >= 4 is 11.6 Å². The number of unbranched alkanes of at least 4 members (excludes halogenated alkanes) is 2. The van der Waals surface area contributed by atoms with Crippen LogP contribution >= 0.6 is 0 Å². The molecule has 0 bridgehead atoms. The molecule has 4 heteroatoms. The molecule has 0 aliphatic heterocycles. The van der Waals surface area contributed by atoms with E-state index in [0.29, 0.717) is 11.8 Å². The highest BCUT2D eigenvalue weighted by atomic mass is 16.3. The van der Waals surface area contributed by atoms with Crippen molar-refractivity contribution in [3.05, 3.63) is 48.5 Å². The highest BCUT2D eigenvalue weighted by molar-refractivity contribution is 5.87. The molecular weight excluding hydrogens is 370 g/mol. The second-order valence-electron chi connectivity index (χ2n) is 8.51. The Morgan fingerprint density at radius 3 is 2.20 bits per heavy atom. The van der Waals surface area contributed by atoms with Crippen molar-refractivity contribution in [2.75, 3.05) is 0 Å². The van der Waals surface area contributed by atoms with Gasteiger partial charge in [0, 0.05) is 0 Å². The van der Waals surface area contributed by atoms with Crippen molar-refractivity contribution in [1.29, 1.82) is 0 Å². The number of benzene rings is 1. The summed E-state index contributed by atoms with van der Waals surface area (Å²) in [5, 5.41) is 13.3. The summed E-state index contributed by atoms with van der Waals surface area (Å²) in [7, 11) is 0. The predicted octanol–water partition coefficient (Wildman–Crippen LogP) is 5.65.